The predicted molar refractivity (Wildman–Crippen MR) is 57.9 cm³/mol. The summed E-state index contributed by atoms with van der Waals surface area (Å²) in [5, 5.41) is 0. The molecule has 0 bridgehead atoms. The summed E-state index contributed by atoms with van der Waals surface area (Å²) in [5.74, 6) is -0.477. The summed E-state index contributed by atoms with van der Waals surface area (Å²) < 4.78 is 0. The lowest BCUT2D eigenvalue weighted by Gasteiger charge is -2.04. The van der Waals surface area contributed by atoms with Crippen molar-refractivity contribution < 1.29 is 9.59 Å². The number of ketones is 2. The Kier molecular flexibility index (Phi) is 5.15. The van der Waals surface area contributed by atoms with E-state index in [0.29, 0.717) is 17.6 Å². The van der Waals surface area contributed by atoms with Crippen LogP contribution in [0.3, 0.4) is 0 Å². The standard InChI is InChI=1S/C12H14O2/c1-5-8-10(12(14)7-3)9(4)11(13)6-2/h5-7H,1-3,8H2,4H3/b10-9-. The quantitative estimate of drug-likeness (QED) is 0.476. The zero-order valence-corrected chi connectivity index (χ0v) is 8.38. The zero-order valence-electron chi connectivity index (χ0n) is 8.38. The van der Waals surface area contributed by atoms with Crippen LogP contribution in [0.4, 0.5) is 0 Å². The molecular formula is C12H14O2. The lowest BCUT2D eigenvalue weighted by Crippen LogP contribution is -2.06. The lowest BCUT2D eigenvalue weighted by atomic mass is 9.99. The second-order valence-electron chi connectivity index (χ2n) is 2.73. The molecule has 14 heavy (non-hydrogen) atoms. The first-order valence-electron chi connectivity index (χ1n) is 4.22. The maximum Gasteiger partial charge on any atom is 0.181 e. The van der Waals surface area contributed by atoms with Gasteiger partial charge in [0.1, 0.15) is 0 Å². The topological polar surface area (TPSA) is 34.1 Å². The number of carbonyl (C=O) groups excluding carboxylic acids is 2. The van der Waals surface area contributed by atoms with Gasteiger partial charge in [0.05, 0.1) is 0 Å². The van der Waals surface area contributed by atoms with Crippen LogP contribution in [0.2, 0.25) is 0 Å². The molecule has 0 N–H and O–H groups in total. The smallest absolute Gasteiger partial charge is 0.181 e. The van der Waals surface area contributed by atoms with Crippen LogP contribution in [0.1, 0.15) is 13.3 Å². The maximum atomic E-state index is 11.4. The van der Waals surface area contributed by atoms with Crippen LogP contribution in [0.5, 0.6) is 0 Å². The third-order valence-electron chi connectivity index (χ3n) is 1.84. The van der Waals surface area contributed by atoms with Crippen LogP contribution in [0.15, 0.2) is 49.1 Å². The normalized spacial score (nSPS) is 11.2. The molecule has 0 aromatic rings. The van der Waals surface area contributed by atoms with Crippen molar-refractivity contribution in [2.24, 2.45) is 0 Å². The van der Waals surface area contributed by atoms with Gasteiger partial charge in [-0.25, -0.2) is 0 Å². The summed E-state index contributed by atoms with van der Waals surface area (Å²) in [6.45, 7) is 11.9. The number of hydrogen-bond donors (Lipinski definition) is 0. The molecule has 74 valence electrons. The fourth-order valence-electron chi connectivity index (χ4n) is 1.01. The summed E-state index contributed by atoms with van der Waals surface area (Å²) in [6, 6.07) is 0. The van der Waals surface area contributed by atoms with Gasteiger partial charge in [-0.1, -0.05) is 19.2 Å². The molecule has 0 aliphatic rings. The third kappa shape index (κ3) is 2.98. The molecule has 0 saturated heterocycles. The first-order chi connectivity index (χ1) is 6.58. The summed E-state index contributed by atoms with van der Waals surface area (Å²) in [7, 11) is 0. The van der Waals surface area contributed by atoms with E-state index in [0.717, 1.165) is 0 Å². The largest absolute Gasteiger partial charge is 0.290 e. The van der Waals surface area contributed by atoms with E-state index in [1.54, 1.807) is 13.0 Å². The molecule has 0 radical (unpaired) electrons. The number of carbonyl (C=O) groups is 2. The molecule has 2 heteroatoms. The first-order valence-corrected chi connectivity index (χ1v) is 4.22. The third-order valence-corrected chi connectivity index (χ3v) is 1.84. The predicted octanol–water partition coefficient (Wildman–Crippen LogP) is 2.39. The highest BCUT2D eigenvalue weighted by molar-refractivity contribution is 6.13. The summed E-state index contributed by atoms with van der Waals surface area (Å²) in [4.78, 5) is 22.6. The molecule has 0 heterocycles. The highest BCUT2D eigenvalue weighted by atomic mass is 16.1. The average Bonchev–Trinajstić information content (AvgIpc) is 2.22. The minimum absolute atomic E-state index is 0.238. The van der Waals surface area contributed by atoms with Gasteiger partial charge in [0.25, 0.3) is 0 Å². The number of hydrogen-bond acceptors (Lipinski definition) is 2. The highest BCUT2D eigenvalue weighted by Gasteiger charge is 2.11. The Morgan fingerprint density at radius 2 is 1.57 bits per heavy atom. The van der Waals surface area contributed by atoms with E-state index in [4.69, 9.17) is 0 Å². The van der Waals surface area contributed by atoms with Crippen molar-refractivity contribution in [2.75, 3.05) is 0 Å². The van der Waals surface area contributed by atoms with E-state index in [1.165, 1.54) is 12.2 Å². The summed E-state index contributed by atoms with van der Waals surface area (Å²) in [5.41, 5.74) is 0.838. The van der Waals surface area contributed by atoms with Crippen molar-refractivity contribution in [3.63, 3.8) is 0 Å². The van der Waals surface area contributed by atoms with Gasteiger partial charge in [0.15, 0.2) is 11.6 Å². The Bertz CT molecular complexity index is 319. The Hall–Kier alpha value is -1.70. The average molecular weight is 190 g/mol. The van der Waals surface area contributed by atoms with Crippen molar-refractivity contribution in [2.45, 2.75) is 13.3 Å². The van der Waals surface area contributed by atoms with E-state index in [2.05, 4.69) is 19.7 Å². The van der Waals surface area contributed by atoms with Gasteiger partial charge < -0.3 is 0 Å². The Morgan fingerprint density at radius 1 is 1.07 bits per heavy atom. The van der Waals surface area contributed by atoms with Gasteiger partial charge in [-0.05, 0) is 25.5 Å². The fourth-order valence-corrected chi connectivity index (χ4v) is 1.01. The molecule has 0 aliphatic heterocycles. The maximum absolute atomic E-state index is 11.4. The van der Waals surface area contributed by atoms with Crippen LogP contribution in [-0.4, -0.2) is 11.6 Å². The molecule has 0 aliphatic carbocycles. The van der Waals surface area contributed by atoms with Gasteiger partial charge in [0.2, 0.25) is 0 Å². The molecule has 0 unspecified atom stereocenters. The van der Waals surface area contributed by atoms with E-state index >= 15 is 0 Å². The van der Waals surface area contributed by atoms with Crippen molar-refractivity contribution >= 4 is 11.6 Å². The molecule has 0 atom stereocenters. The Balaban J connectivity index is 5.22. The minimum Gasteiger partial charge on any atom is -0.290 e. The second-order valence-corrected chi connectivity index (χ2v) is 2.73. The molecule has 0 saturated carbocycles. The molecule has 0 rings (SSSR count). The van der Waals surface area contributed by atoms with Crippen LogP contribution in [0.25, 0.3) is 0 Å². The van der Waals surface area contributed by atoms with Crippen LogP contribution >= 0.6 is 0 Å². The molecule has 0 amide bonds. The molecule has 0 fully saturated rings. The Morgan fingerprint density at radius 3 is 1.93 bits per heavy atom. The fraction of sp³-hybridized carbons (Fsp3) is 0.167. The van der Waals surface area contributed by atoms with E-state index < -0.39 is 0 Å². The SMILES string of the molecule is C=CC/C(C(=O)C=C)=C(\C)C(=O)C=C. The Labute approximate surface area is 84.3 Å². The van der Waals surface area contributed by atoms with Crippen molar-refractivity contribution in [1.29, 1.82) is 0 Å². The minimum atomic E-state index is -0.239. The monoisotopic (exact) mass is 190 g/mol. The van der Waals surface area contributed by atoms with Gasteiger partial charge in [0, 0.05) is 11.1 Å². The van der Waals surface area contributed by atoms with Crippen molar-refractivity contribution in [3.05, 3.63) is 49.1 Å². The zero-order chi connectivity index (χ0) is 11.1. The summed E-state index contributed by atoms with van der Waals surface area (Å²) in [6.07, 6.45) is 4.33. The van der Waals surface area contributed by atoms with Crippen LogP contribution in [0, 0.1) is 0 Å². The lowest BCUT2D eigenvalue weighted by molar-refractivity contribution is -0.113. The van der Waals surface area contributed by atoms with E-state index in [9.17, 15) is 9.59 Å². The number of rotatable bonds is 6. The van der Waals surface area contributed by atoms with Gasteiger partial charge in [-0.2, -0.15) is 0 Å². The van der Waals surface area contributed by atoms with Crippen LogP contribution < -0.4 is 0 Å². The van der Waals surface area contributed by atoms with Crippen LogP contribution in [-0.2, 0) is 9.59 Å². The highest BCUT2D eigenvalue weighted by Crippen LogP contribution is 2.12. The van der Waals surface area contributed by atoms with E-state index in [1.807, 2.05) is 0 Å². The molecule has 0 aromatic carbocycles. The first kappa shape index (κ1) is 12.3. The number of allylic oxidation sites excluding steroid dienone is 5. The molecule has 2 nitrogen and oxygen atoms in total. The molecule has 0 aromatic heterocycles. The molecular weight excluding hydrogens is 176 g/mol. The van der Waals surface area contributed by atoms with Gasteiger partial charge in [-0.3, -0.25) is 9.59 Å². The molecule has 0 spiro atoms. The van der Waals surface area contributed by atoms with E-state index in [-0.39, 0.29) is 11.6 Å². The summed E-state index contributed by atoms with van der Waals surface area (Å²) >= 11 is 0. The van der Waals surface area contributed by atoms with Gasteiger partial charge >= 0.3 is 0 Å². The van der Waals surface area contributed by atoms with Crippen molar-refractivity contribution in [1.82, 2.24) is 0 Å². The van der Waals surface area contributed by atoms with Crippen molar-refractivity contribution in [3.8, 4) is 0 Å². The van der Waals surface area contributed by atoms with Gasteiger partial charge in [-0.15, -0.1) is 6.58 Å². The second kappa shape index (κ2) is 5.86.